The largest absolute Gasteiger partial charge is 0.384 e. The Bertz CT molecular complexity index is 425. The summed E-state index contributed by atoms with van der Waals surface area (Å²) in [6, 6.07) is 6.24. The lowest BCUT2D eigenvalue weighted by Gasteiger charge is -1.99. The standard InChI is InChI=1S/C10H11BrN2.ClH/c1-2-12-10-6-13-9-5-7(11)3-4-8(9)10;/h3-6,12-13H,2H2,1H3;1H. The molecule has 0 aliphatic heterocycles. The fourth-order valence-electron chi connectivity index (χ4n) is 1.44. The van der Waals surface area contributed by atoms with Crippen molar-refractivity contribution in [2.24, 2.45) is 0 Å². The van der Waals surface area contributed by atoms with Gasteiger partial charge in [-0.3, -0.25) is 0 Å². The predicted molar refractivity (Wildman–Crippen MR) is 67.4 cm³/mol. The number of aromatic nitrogens is 1. The first-order valence-corrected chi connectivity index (χ1v) is 5.11. The van der Waals surface area contributed by atoms with E-state index in [0.29, 0.717) is 0 Å². The molecule has 0 saturated heterocycles. The molecule has 2 aromatic rings. The number of benzene rings is 1. The molecule has 4 heteroatoms. The van der Waals surface area contributed by atoms with Crippen molar-refractivity contribution in [1.82, 2.24) is 4.98 Å². The molecule has 0 atom stereocenters. The third-order valence-electron chi connectivity index (χ3n) is 2.01. The fraction of sp³-hybridized carbons (Fsp3) is 0.200. The first kappa shape index (κ1) is 11.4. The summed E-state index contributed by atoms with van der Waals surface area (Å²) in [5.41, 5.74) is 2.33. The Hall–Kier alpha value is -0.670. The summed E-state index contributed by atoms with van der Waals surface area (Å²) in [6.45, 7) is 3.04. The second-order valence-electron chi connectivity index (χ2n) is 2.92. The molecule has 0 aliphatic carbocycles. The highest BCUT2D eigenvalue weighted by atomic mass is 79.9. The van der Waals surface area contributed by atoms with Gasteiger partial charge in [0.2, 0.25) is 0 Å². The van der Waals surface area contributed by atoms with E-state index < -0.39 is 0 Å². The van der Waals surface area contributed by atoms with Gasteiger partial charge in [-0.25, -0.2) is 0 Å². The van der Waals surface area contributed by atoms with Gasteiger partial charge in [-0.15, -0.1) is 12.4 Å². The zero-order valence-electron chi connectivity index (χ0n) is 7.80. The molecule has 1 aromatic carbocycles. The second-order valence-corrected chi connectivity index (χ2v) is 3.84. The maximum atomic E-state index is 3.44. The van der Waals surface area contributed by atoms with E-state index in [0.717, 1.165) is 16.5 Å². The topological polar surface area (TPSA) is 27.8 Å². The normalized spacial score (nSPS) is 9.86. The van der Waals surface area contributed by atoms with E-state index in [-0.39, 0.29) is 12.4 Å². The molecule has 14 heavy (non-hydrogen) atoms. The average Bonchev–Trinajstić information content (AvgIpc) is 2.49. The van der Waals surface area contributed by atoms with Crippen molar-refractivity contribution < 1.29 is 0 Å². The van der Waals surface area contributed by atoms with Gasteiger partial charge < -0.3 is 10.3 Å². The summed E-state index contributed by atoms with van der Waals surface area (Å²) >= 11 is 3.44. The highest BCUT2D eigenvalue weighted by molar-refractivity contribution is 9.10. The van der Waals surface area contributed by atoms with Crippen LogP contribution in [0.1, 0.15) is 6.92 Å². The molecular formula is C10H12BrClN2. The highest BCUT2D eigenvalue weighted by Gasteiger charge is 2.01. The summed E-state index contributed by atoms with van der Waals surface area (Å²) in [7, 11) is 0. The van der Waals surface area contributed by atoms with Gasteiger partial charge >= 0.3 is 0 Å². The third-order valence-corrected chi connectivity index (χ3v) is 2.50. The van der Waals surface area contributed by atoms with Crippen LogP contribution in [0.2, 0.25) is 0 Å². The number of H-pyrrole nitrogens is 1. The van der Waals surface area contributed by atoms with E-state index in [1.54, 1.807) is 0 Å². The molecule has 0 spiro atoms. The lowest BCUT2D eigenvalue weighted by Crippen LogP contribution is -1.94. The fourth-order valence-corrected chi connectivity index (χ4v) is 1.80. The van der Waals surface area contributed by atoms with Crippen LogP contribution < -0.4 is 5.32 Å². The summed E-state index contributed by atoms with van der Waals surface area (Å²) in [5.74, 6) is 0. The SMILES string of the molecule is CCNc1c[nH]c2cc(Br)ccc12.Cl. The van der Waals surface area contributed by atoms with Crippen molar-refractivity contribution in [1.29, 1.82) is 0 Å². The Kier molecular flexibility index (Phi) is 3.84. The zero-order chi connectivity index (χ0) is 9.26. The van der Waals surface area contributed by atoms with Crippen LogP contribution >= 0.6 is 28.3 Å². The van der Waals surface area contributed by atoms with E-state index >= 15 is 0 Å². The second kappa shape index (κ2) is 4.71. The number of hydrogen-bond acceptors (Lipinski definition) is 1. The molecule has 0 amide bonds. The molecule has 2 N–H and O–H groups in total. The first-order chi connectivity index (χ1) is 6.31. The number of nitrogens with one attached hydrogen (secondary N) is 2. The number of rotatable bonds is 2. The maximum Gasteiger partial charge on any atom is 0.0597 e. The Balaban J connectivity index is 0.000000980. The molecule has 0 unspecified atom stereocenters. The van der Waals surface area contributed by atoms with Gasteiger partial charge in [0.25, 0.3) is 0 Å². The molecule has 0 radical (unpaired) electrons. The van der Waals surface area contributed by atoms with Crippen LogP contribution in [0, 0.1) is 0 Å². The Morgan fingerprint density at radius 1 is 1.43 bits per heavy atom. The molecular weight excluding hydrogens is 263 g/mol. The highest BCUT2D eigenvalue weighted by Crippen LogP contribution is 2.25. The number of aromatic amines is 1. The van der Waals surface area contributed by atoms with Crippen molar-refractivity contribution in [3.05, 3.63) is 28.9 Å². The summed E-state index contributed by atoms with van der Waals surface area (Å²) in [5, 5.41) is 4.54. The smallest absolute Gasteiger partial charge is 0.0597 e. The summed E-state index contributed by atoms with van der Waals surface area (Å²) in [6.07, 6.45) is 2.00. The van der Waals surface area contributed by atoms with Gasteiger partial charge in [-0.1, -0.05) is 15.9 Å². The molecule has 76 valence electrons. The van der Waals surface area contributed by atoms with E-state index in [1.165, 1.54) is 11.1 Å². The maximum absolute atomic E-state index is 3.44. The van der Waals surface area contributed by atoms with Crippen LogP contribution in [0.15, 0.2) is 28.9 Å². The van der Waals surface area contributed by atoms with Crippen LogP contribution in [0.25, 0.3) is 10.9 Å². The first-order valence-electron chi connectivity index (χ1n) is 4.32. The minimum atomic E-state index is 0. The van der Waals surface area contributed by atoms with Gasteiger partial charge in [0.15, 0.2) is 0 Å². The molecule has 1 aromatic heterocycles. The summed E-state index contributed by atoms with van der Waals surface area (Å²) < 4.78 is 1.10. The molecule has 0 fully saturated rings. The van der Waals surface area contributed by atoms with Crippen LogP contribution in [-0.2, 0) is 0 Å². The van der Waals surface area contributed by atoms with E-state index in [9.17, 15) is 0 Å². The van der Waals surface area contributed by atoms with Crippen LogP contribution in [-0.4, -0.2) is 11.5 Å². The number of fused-ring (bicyclic) bond motifs is 1. The molecule has 0 saturated carbocycles. The number of halogens is 2. The van der Waals surface area contributed by atoms with E-state index in [1.807, 2.05) is 6.20 Å². The predicted octanol–water partition coefficient (Wildman–Crippen LogP) is 3.78. The number of hydrogen-bond donors (Lipinski definition) is 2. The average molecular weight is 276 g/mol. The minimum Gasteiger partial charge on any atom is -0.384 e. The Morgan fingerprint density at radius 3 is 2.93 bits per heavy atom. The van der Waals surface area contributed by atoms with Gasteiger partial charge in [0.05, 0.1) is 5.69 Å². The van der Waals surface area contributed by atoms with Crippen molar-refractivity contribution in [2.75, 3.05) is 11.9 Å². The van der Waals surface area contributed by atoms with Crippen molar-refractivity contribution >= 4 is 44.9 Å². The van der Waals surface area contributed by atoms with E-state index in [2.05, 4.69) is 51.4 Å². The van der Waals surface area contributed by atoms with Gasteiger partial charge in [0.1, 0.15) is 0 Å². The molecule has 0 bridgehead atoms. The van der Waals surface area contributed by atoms with Gasteiger partial charge in [-0.2, -0.15) is 0 Å². The summed E-state index contributed by atoms with van der Waals surface area (Å²) in [4.78, 5) is 3.22. The van der Waals surface area contributed by atoms with Gasteiger partial charge in [0, 0.05) is 28.1 Å². The van der Waals surface area contributed by atoms with Crippen molar-refractivity contribution in [3.63, 3.8) is 0 Å². The van der Waals surface area contributed by atoms with Crippen LogP contribution in [0.4, 0.5) is 5.69 Å². The molecule has 1 heterocycles. The van der Waals surface area contributed by atoms with Crippen LogP contribution in [0.5, 0.6) is 0 Å². The van der Waals surface area contributed by atoms with E-state index in [4.69, 9.17) is 0 Å². The minimum absolute atomic E-state index is 0. The lowest BCUT2D eigenvalue weighted by atomic mass is 10.2. The molecule has 2 nitrogen and oxygen atoms in total. The Labute approximate surface area is 97.6 Å². The van der Waals surface area contributed by atoms with Crippen molar-refractivity contribution in [2.45, 2.75) is 6.92 Å². The zero-order valence-corrected chi connectivity index (χ0v) is 10.2. The van der Waals surface area contributed by atoms with Gasteiger partial charge in [-0.05, 0) is 25.1 Å². The Morgan fingerprint density at radius 2 is 2.21 bits per heavy atom. The lowest BCUT2D eigenvalue weighted by molar-refractivity contribution is 1.22. The third kappa shape index (κ3) is 2.04. The molecule has 2 rings (SSSR count). The van der Waals surface area contributed by atoms with Crippen LogP contribution in [0.3, 0.4) is 0 Å². The van der Waals surface area contributed by atoms with Crippen molar-refractivity contribution in [3.8, 4) is 0 Å². The quantitative estimate of drug-likeness (QED) is 0.857. The number of anilines is 1. The molecule has 0 aliphatic rings. The monoisotopic (exact) mass is 274 g/mol.